The summed E-state index contributed by atoms with van der Waals surface area (Å²) < 4.78 is 22.0. The van der Waals surface area contributed by atoms with Crippen LogP contribution in [0.5, 0.6) is 0 Å². The highest BCUT2D eigenvalue weighted by Gasteiger charge is 2.41. The van der Waals surface area contributed by atoms with Crippen molar-refractivity contribution in [2.75, 3.05) is 25.1 Å². The van der Waals surface area contributed by atoms with E-state index in [0.29, 0.717) is 11.2 Å². The molecule has 1 N–H and O–H groups in total. The van der Waals surface area contributed by atoms with E-state index in [-0.39, 0.29) is 0 Å². The van der Waals surface area contributed by atoms with Gasteiger partial charge in [-0.05, 0) is 44.1 Å². The molecular weight excluding hydrogens is 210 g/mol. The minimum atomic E-state index is -2.76. The zero-order valence-electron chi connectivity index (χ0n) is 9.88. The Bertz CT molecular complexity index is 281. The third kappa shape index (κ3) is 5.52. The lowest BCUT2D eigenvalue weighted by molar-refractivity contribution is 0.422. The second kappa shape index (κ2) is 5.30. The fourth-order valence-electron chi connectivity index (χ4n) is 1.93. The highest BCUT2D eigenvalue weighted by molar-refractivity contribution is 7.90. The van der Waals surface area contributed by atoms with Crippen molar-refractivity contribution in [1.82, 2.24) is 5.32 Å². The summed E-state index contributed by atoms with van der Waals surface area (Å²) in [6, 6.07) is 0. The molecule has 1 saturated carbocycles. The molecule has 0 aromatic rings. The van der Waals surface area contributed by atoms with Gasteiger partial charge >= 0.3 is 0 Å². The van der Waals surface area contributed by atoms with Crippen molar-refractivity contribution in [2.24, 2.45) is 5.41 Å². The van der Waals surface area contributed by atoms with Crippen molar-refractivity contribution in [3.63, 3.8) is 0 Å². The lowest BCUT2D eigenvalue weighted by Crippen LogP contribution is -2.25. The first-order chi connectivity index (χ1) is 6.97. The van der Waals surface area contributed by atoms with Crippen LogP contribution in [0.2, 0.25) is 0 Å². The van der Waals surface area contributed by atoms with Crippen LogP contribution in [0.15, 0.2) is 0 Å². The molecule has 15 heavy (non-hydrogen) atoms. The van der Waals surface area contributed by atoms with Gasteiger partial charge in [0.2, 0.25) is 0 Å². The number of hydrogen-bond donors (Lipinski definition) is 1. The fraction of sp³-hybridized carbons (Fsp3) is 1.00. The Kier molecular flexibility index (Phi) is 4.59. The molecule has 0 amide bonds. The first-order valence-electron chi connectivity index (χ1n) is 5.86. The minimum Gasteiger partial charge on any atom is -0.316 e. The van der Waals surface area contributed by atoms with E-state index in [1.54, 1.807) is 0 Å². The Morgan fingerprint density at radius 1 is 1.33 bits per heavy atom. The molecule has 0 aromatic heterocycles. The van der Waals surface area contributed by atoms with Crippen molar-refractivity contribution < 1.29 is 8.42 Å². The molecule has 0 radical (unpaired) electrons. The molecule has 0 heterocycles. The summed E-state index contributed by atoms with van der Waals surface area (Å²) in [5.41, 5.74) is 0.444. The van der Waals surface area contributed by atoms with Gasteiger partial charge in [0.1, 0.15) is 9.84 Å². The van der Waals surface area contributed by atoms with E-state index < -0.39 is 9.84 Å². The normalized spacial score (nSPS) is 19.1. The third-order valence-corrected chi connectivity index (χ3v) is 4.14. The van der Waals surface area contributed by atoms with Crippen LogP contribution in [-0.2, 0) is 9.84 Å². The quantitative estimate of drug-likeness (QED) is 0.648. The van der Waals surface area contributed by atoms with Gasteiger partial charge in [0, 0.05) is 18.6 Å². The topological polar surface area (TPSA) is 46.2 Å². The number of hydrogen-bond acceptors (Lipinski definition) is 3. The SMILES string of the molecule is CCCNCC1(CCCS(C)(=O)=O)CC1. The molecule has 1 rings (SSSR count). The highest BCUT2D eigenvalue weighted by atomic mass is 32.2. The van der Waals surface area contributed by atoms with Crippen molar-refractivity contribution in [3.05, 3.63) is 0 Å². The van der Waals surface area contributed by atoms with Crippen molar-refractivity contribution in [2.45, 2.75) is 39.0 Å². The molecule has 4 heteroatoms. The number of rotatable bonds is 8. The molecule has 0 saturated heterocycles. The monoisotopic (exact) mass is 233 g/mol. The van der Waals surface area contributed by atoms with E-state index in [2.05, 4.69) is 12.2 Å². The summed E-state index contributed by atoms with van der Waals surface area (Å²) in [5, 5.41) is 3.44. The van der Waals surface area contributed by atoms with Crippen LogP contribution >= 0.6 is 0 Å². The van der Waals surface area contributed by atoms with E-state index in [4.69, 9.17) is 0 Å². The average Bonchev–Trinajstić information content (AvgIpc) is 2.84. The van der Waals surface area contributed by atoms with Crippen LogP contribution in [-0.4, -0.2) is 33.5 Å². The third-order valence-electron chi connectivity index (χ3n) is 3.11. The van der Waals surface area contributed by atoms with E-state index >= 15 is 0 Å². The molecule has 1 aliphatic rings. The van der Waals surface area contributed by atoms with E-state index in [9.17, 15) is 8.42 Å². The van der Waals surface area contributed by atoms with Crippen molar-refractivity contribution in [1.29, 1.82) is 0 Å². The molecule has 3 nitrogen and oxygen atoms in total. The predicted molar refractivity (Wildman–Crippen MR) is 63.8 cm³/mol. The summed E-state index contributed by atoms with van der Waals surface area (Å²) in [7, 11) is -2.76. The van der Waals surface area contributed by atoms with Gasteiger partial charge in [0.15, 0.2) is 0 Å². The summed E-state index contributed by atoms with van der Waals surface area (Å²) in [6.07, 6.45) is 6.92. The van der Waals surface area contributed by atoms with E-state index in [1.807, 2.05) is 0 Å². The maximum absolute atomic E-state index is 11.0. The first kappa shape index (κ1) is 13.0. The van der Waals surface area contributed by atoms with Gasteiger partial charge in [0.25, 0.3) is 0 Å². The molecule has 1 fully saturated rings. The van der Waals surface area contributed by atoms with Crippen molar-refractivity contribution >= 4 is 9.84 Å². The molecular formula is C11H23NO2S. The van der Waals surface area contributed by atoms with Gasteiger partial charge in [0.05, 0.1) is 0 Å². The van der Waals surface area contributed by atoms with Crippen molar-refractivity contribution in [3.8, 4) is 0 Å². The summed E-state index contributed by atoms with van der Waals surface area (Å²) in [5.74, 6) is 0.350. The van der Waals surface area contributed by atoms with Gasteiger partial charge in [-0.15, -0.1) is 0 Å². The molecule has 0 aromatic carbocycles. The number of sulfone groups is 1. The zero-order chi connectivity index (χ0) is 11.4. The average molecular weight is 233 g/mol. The van der Waals surface area contributed by atoms with Gasteiger partial charge < -0.3 is 5.32 Å². The Hall–Kier alpha value is -0.0900. The first-order valence-corrected chi connectivity index (χ1v) is 7.92. The maximum atomic E-state index is 11.0. The molecule has 0 atom stereocenters. The largest absolute Gasteiger partial charge is 0.316 e. The summed E-state index contributed by atoms with van der Waals surface area (Å²) in [6.45, 7) is 4.31. The van der Waals surface area contributed by atoms with Crippen LogP contribution in [0, 0.1) is 5.41 Å². The summed E-state index contributed by atoms with van der Waals surface area (Å²) >= 11 is 0. The lowest BCUT2D eigenvalue weighted by atomic mass is 10.0. The van der Waals surface area contributed by atoms with Gasteiger partial charge in [-0.3, -0.25) is 0 Å². The zero-order valence-corrected chi connectivity index (χ0v) is 10.7. The summed E-state index contributed by atoms with van der Waals surface area (Å²) in [4.78, 5) is 0. The molecule has 0 bridgehead atoms. The second-order valence-corrected chi connectivity index (χ2v) is 7.17. The van der Waals surface area contributed by atoms with Crippen LogP contribution in [0.25, 0.3) is 0 Å². The minimum absolute atomic E-state index is 0.350. The van der Waals surface area contributed by atoms with Crippen LogP contribution in [0.4, 0.5) is 0 Å². The van der Waals surface area contributed by atoms with Crippen LogP contribution in [0.1, 0.15) is 39.0 Å². The maximum Gasteiger partial charge on any atom is 0.147 e. The lowest BCUT2D eigenvalue weighted by Gasteiger charge is -2.15. The van der Waals surface area contributed by atoms with Gasteiger partial charge in [-0.2, -0.15) is 0 Å². The molecule has 90 valence electrons. The smallest absolute Gasteiger partial charge is 0.147 e. The standard InChI is InChI=1S/C11H23NO2S/c1-3-8-12-10-11(6-7-11)5-4-9-15(2,13)14/h12H,3-10H2,1-2H3. The molecule has 0 unspecified atom stereocenters. The van der Waals surface area contributed by atoms with Gasteiger partial charge in [-0.1, -0.05) is 6.92 Å². The Morgan fingerprint density at radius 3 is 2.47 bits per heavy atom. The van der Waals surface area contributed by atoms with Crippen LogP contribution in [0.3, 0.4) is 0 Å². The van der Waals surface area contributed by atoms with E-state index in [1.165, 1.54) is 25.5 Å². The molecule has 0 aliphatic heterocycles. The highest BCUT2D eigenvalue weighted by Crippen LogP contribution is 2.49. The molecule has 0 spiro atoms. The van der Waals surface area contributed by atoms with Crippen LogP contribution < -0.4 is 5.32 Å². The number of nitrogens with one attached hydrogen (secondary N) is 1. The fourth-order valence-corrected chi connectivity index (χ4v) is 2.60. The van der Waals surface area contributed by atoms with E-state index in [0.717, 1.165) is 25.9 Å². The Labute approximate surface area is 93.6 Å². The molecule has 1 aliphatic carbocycles. The predicted octanol–water partition coefficient (Wildman–Crippen LogP) is 1.59. The Morgan fingerprint density at radius 2 is 2.00 bits per heavy atom. The van der Waals surface area contributed by atoms with Gasteiger partial charge in [-0.25, -0.2) is 8.42 Å². The second-order valence-electron chi connectivity index (χ2n) is 4.91. The Balaban J connectivity index is 2.14.